The summed E-state index contributed by atoms with van der Waals surface area (Å²) in [5.41, 5.74) is 2.31. The summed E-state index contributed by atoms with van der Waals surface area (Å²) in [5, 5.41) is 11.9. The van der Waals surface area contributed by atoms with Gasteiger partial charge >= 0.3 is 5.97 Å². The maximum Gasteiger partial charge on any atom is 0.312 e. The monoisotopic (exact) mass is 291 g/mol. The van der Waals surface area contributed by atoms with Crippen molar-refractivity contribution in [3.63, 3.8) is 0 Å². The van der Waals surface area contributed by atoms with Crippen molar-refractivity contribution >= 4 is 11.9 Å². The number of carboxylic acids is 1. The molecule has 1 unspecified atom stereocenters. The van der Waals surface area contributed by atoms with E-state index in [0.717, 1.165) is 30.4 Å². The van der Waals surface area contributed by atoms with E-state index in [0.29, 0.717) is 5.56 Å². The van der Waals surface area contributed by atoms with Crippen LogP contribution in [0, 0.1) is 5.82 Å². The fourth-order valence-corrected chi connectivity index (χ4v) is 2.55. The highest BCUT2D eigenvalue weighted by Crippen LogP contribution is 2.25. The van der Waals surface area contributed by atoms with Crippen LogP contribution >= 0.6 is 0 Å². The summed E-state index contributed by atoms with van der Waals surface area (Å²) in [5.74, 6) is -2.53. The van der Waals surface area contributed by atoms with Gasteiger partial charge in [-0.05, 0) is 43.9 Å². The van der Waals surface area contributed by atoms with Gasteiger partial charge in [0.25, 0.3) is 0 Å². The number of carboxylic acid groups (broad SMARTS) is 1. The van der Waals surface area contributed by atoms with Crippen molar-refractivity contribution < 1.29 is 19.1 Å². The maximum atomic E-state index is 12.9. The molecule has 4 nitrogen and oxygen atoms in total. The normalized spacial score (nSPS) is 15.9. The Kier molecular flexibility index (Phi) is 4.73. The second-order valence-electron chi connectivity index (χ2n) is 5.26. The zero-order valence-electron chi connectivity index (χ0n) is 11.9. The van der Waals surface area contributed by atoms with E-state index in [-0.39, 0.29) is 12.5 Å². The fourth-order valence-electron chi connectivity index (χ4n) is 2.55. The lowest BCUT2D eigenvalue weighted by Gasteiger charge is -2.14. The molecule has 1 aliphatic carbocycles. The van der Waals surface area contributed by atoms with E-state index >= 15 is 0 Å². The van der Waals surface area contributed by atoms with Gasteiger partial charge in [0.05, 0.1) is 5.92 Å². The number of aliphatic carboxylic acids is 1. The van der Waals surface area contributed by atoms with Crippen LogP contribution in [0.1, 0.15) is 37.7 Å². The zero-order valence-corrected chi connectivity index (χ0v) is 11.9. The van der Waals surface area contributed by atoms with E-state index < -0.39 is 17.7 Å². The third-order valence-electron chi connectivity index (χ3n) is 3.81. The van der Waals surface area contributed by atoms with Crippen LogP contribution in [0.4, 0.5) is 4.39 Å². The SMILES string of the molecule is CC1=C(C(=O)NCC(C(=O)O)c2ccc(F)cc2)CCC1. The van der Waals surface area contributed by atoms with Gasteiger partial charge in [0.1, 0.15) is 5.82 Å². The molecule has 0 heterocycles. The number of allylic oxidation sites excluding steroid dienone is 1. The van der Waals surface area contributed by atoms with Crippen molar-refractivity contribution in [3.05, 3.63) is 46.8 Å². The van der Waals surface area contributed by atoms with E-state index in [1.54, 1.807) is 0 Å². The highest BCUT2D eigenvalue weighted by Gasteiger charge is 2.23. The second-order valence-corrected chi connectivity index (χ2v) is 5.26. The van der Waals surface area contributed by atoms with Crippen LogP contribution in [0.3, 0.4) is 0 Å². The van der Waals surface area contributed by atoms with Gasteiger partial charge < -0.3 is 10.4 Å². The number of carbonyl (C=O) groups is 2. The van der Waals surface area contributed by atoms with E-state index in [2.05, 4.69) is 5.32 Å². The average Bonchev–Trinajstić information content (AvgIpc) is 2.86. The smallest absolute Gasteiger partial charge is 0.312 e. The van der Waals surface area contributed by atoms with Crippen LogP contribution in [0.2, 0.25) is 0 Å². The molecule has 0 aliphatic heterocycles. The highest BCUT2D eigenvalue weighted by atomic mass is 19.1. The van der Waals surface area contributed by atoms with Gasteiger partial charge in [-0.25, -0.2) is 4.39 Å². The van der Waals surface area contributed by atoms with Crippen LogP contribution in [-0.4, -0.2) is 23.5 Å². The van der Waals surface area contributed by atoms with Gasteiger partial charge in [0.15, 0.2) is 0 Å². The van der Waals surface area contributed by atoms with Gasteiger partial charge in [-0.3, -0.25) is 9.59 Å². The molecule has 5 heteroatoms. The molecule has 0 bridgehead atoms. The molecule has 2 rings (SSSR count). The molecule has 0 aromatic heterocycles. The predicted molar refractivity (Wildman–Crippen MR) is 76.3 cm³/mol. The molecular formula is C16H18FNO3. The molecule has 1 aromatic carbocycles. The molecule has 0 spiro atoms. The summed E-state index contributed by atoms with van der Waals surface area (Å²) < 4.78 is 12.9. The third kappa shape index (κ3) is 3.68. The van der Waals surface area contributed by atoms with Crippen LogP contribution in [0.5, 0.6) is 0 Å². The highest BCUT2D eigenvalue weighted by molar-refractivity contribution is 5.95. The van der Waals surface area contributed by atoms with Gasteiger partial charge in [0.2, 0.25) is 5.91 Å². The molecule has 0 saturated carbocycles. The molecule has 1 aliphatic rings. The number of hydrogen-bond donors (Lipinski definition) is 2. The second kappa shape index (κ2) is 6.52. The van der Waals surface area contributed by atoms with Crippen LogP contribution in [0.25, 0.3) is 0 Å². The molecule has 0 fully saturated rings. The molecule has 2 N–H and O–H groups in total. The first-order valence-corrected chi connectivity index (χ1v) is 6.94. The summed E-state index contributed by atoms with van der Waals surface area (Å²) in [6.45, 7) is 1.92. The van der Waals surface area contributed by atoms with Gasteiger partial charge in [0, 0.05) is 12.1 Å². The van der Waals surface area contributed by atoms with Crippen molar-refractivity contribution in [2.45, 2.75) is 32.1 Å². The fraction of sp³-hybridized carbons (Fsp3) is 0.375. The Morgan fingerprint density at radius 1 is 1.29 bits per heavy atom. The van der Waals surface area contributed by atoms with Crippen molar-refractivity contribution in [1.82, 2.24) is 5.32 Å². The minimum atomic E-state index is -1.04. The standard InChI is InChI=1S/C16H18FNO3/c1-10-3-2-4-13(10)15(19)18-9-14(16(20)21)11-5-7-12(17)8-6-11/h5-8,14H,2-4,9H2,1H3,(H,18,19)(H,20,21). The molecule has 0 saturated heterocycles. The first-order valence-electron chi connectivity index (χ1n) is 6.94. The first kappa shape index (κ1) is 15.2. The molecule has 1 aromatic rings. The Labute approximate surface area is 122 Å². The van der Waals surface area contributed by atoms with Gasteiger partial charge in [-0.15, -0.1) is 0 Å². The topological polar surface area (TPSA) is 66.4 Å². The molecule has 112 valence electrons. The molecular weight excluding hydrogens is 273 g/mol. The number of hydrogen-bond acceptors (Lipinski definition) is 2. The van der Waals surface area contributed by atoms with E-state index in [1.165, 1.54) is 24.3 Å². The van der Waals surface area contributed by atoms with Crippen molar-refractivity contribution in [2.75, 3.05) is 6.54 Å². The maximum absolute atomic E-state index is 12.9. The Morgan fingerprint density at radius 3 is 2.48 bits per heavy atom. The number of amides is 1. The summed E-state index contributed by atoms with van der Waals surface area (Å²) in [6.07, 6.45) is 2.63. The number of rotatable bonds is 5. The summed E-state index contributed by atoms with van der Waals surface area (Å²) in [6, 6.07) is 5.30. The third-order valence-corrected chi connectivity index (χ3v) is 3.81. The average molecular weight is 291 g/mol. The quantitative estimate of drug-likeness (QED) is 0.876. The van der Waals surface area contributed by atoms with Crippen molar-refractivity contribution in [1.29, 1.82) is 0 Å². The number of nitrogens with one attached hydrogen (secondary N) is 1. The lowest BCUT2D eigenvalue weighted by atomic mass is 9.99. The number of carbonyl (C=O) groups excluding carboxylic acids is 1. The van der Waals surface area contributed by atoms with E-state index in [9.17, 15) is 19.1 Å². The van der Waals surface area contributed by atoms with Gasteiger partial charge in [-0.1, -0.05) is 17.7 Å². The van der Waals surface area contributed by atoms with Crippen molar-refractivity contribution in [2.24, 2.45) is 0 Å². The summed E-state index contributed by atoms with van der Waals surface area (Å²) in [4.78, 5) is 23.4. The minimum Gasteiger partial charge on any atom is -0.481 e. The Balaban J connectivity index is 2.04. The summed E-state index contributed by atoms with van der Waals surface area (Å²) in [7, 11) is 0. The lowest BCUT2D eigenvalue weighted by molar-refractivity contribution is -0.138. The number of halogens is 1. The minimum absolute atomic E-state index is 0.00339. The van der Waals surface area contributed by atoms with Gasteiger partial charge in [-0.2, -0.15) is 0 Å². The zero-order chi connectivity index (χ0) is 15.4. The van der Waals surface area contributed by atoms with Crippen LogP contribution in [-0.2, 0) is 9.59 Å². The Morgan fingerprint density at radius 2 is 1.95 bits per heavy atom. The van der Waals surface area contributed by atoms with Crippen molar-refractivity contribution in [3.8, 4) is 0 Å². The van der Waals surface area contributed by atoms with E-state index in [4.69, 9.17) is 0 Å². The molecule has 1 amide bonds. The van der Waals surface area contributed by atoms with E-state index in [1.807, 2.05) is 6.92 Å². The largest absolute Gasteiger partial charge is 0.481 e. The van der Waals surface area contributed by atoms with Crippen LogP contribution < -0.4 is 5.32 Å². The first-order chi connectivity index (χ1) is 9.99. The Hall–Kier alpha value is -2.17. The molecule has 21 heavy (non-hydrogen) atoms. The molecule has 0 radical (unpaired) electrons. The molecule has 1 atom stereocenters. The Bertz CT molecular complexity index is 578. The lowest BCUT2D eigenvalue weighted by Crippen LogP contribution is -2.32. The van der Waals surface area contributed by atoms with Crippen LogP contribution in [0.15, 0.2) is 35.4 Å². The summed E-state index contributed by atoms with van der Waals surface area (Å²) >= 11 is 0. The predicted octanol–water partition coefficient (Wildman–Crippen LogP) is 2.61. The number of benzene rings is 1.